The predicted octanol–water partition coefficient (Wildman–Crippen LogP) is 3.98. The van der Waals surface area contributed by atoms with E-state index in [0.29, 0.717) is 28.4 Å². The summed E-state index contributed by atoms with van der Waals surface area (Å²) in [5.74, 6) is 0.116. The second kappa shape index (κ2) is 7.44. The Labute approximate surface area is 166 Å². The number of hydrogen-bond acceptors (Lipinski definition) is 6. The molecule has 1 unspecified atom stereocenters. The summed E-state index contributed by atoms with van der Waals surface area (Å²) < 4.78 is 16.2. The molecule has 0 aliphatic heterocycles. The number of imidazole rings is 1. The molecule has 0 saturated heterocycles. The summed E-state index contributed by atoms with van der Waals surface area (Å²) in [7, 11) is 1.91. The van der Waals surface area contributed by atoms with Gasteiger partial charge in [-0.25, -0.2) is 9.37 Å². The molecule has 0 bridgehead atoms. The zero-order chi connectivity index (χ0) is 19.7. The number of alkyl halides is 1. The minimum absolute atomic E-state index is 0.0939. The van der Waals surface area contributed by atoms with Gasteiger partial charge in [-0.3, -0.25) is 0 Å². The first kappa shape index (κ1) is 18.8. The average molecular weight is 399 g/mol. The van der Waals surface area contributed by atoms with Crippen LogP contribution < -0.4 is 5.32 Å². The summed E-state index contributed by atoms with van der Waals surface area (Å²) in [5.41, 5.74) is 2.06. The molecule has 1 saturated carbocycles. The molecular weight excluding hydrogens is 377 g/mol. The van der Waals surface area contributed by atoms with Crippen molar-refractivity contribution >= 4 is 17.4 Å². The lowest BCUT2D eigenvalue weighted by Gasteiger charge is -2.36. The van der Waals surface area contributed by atoms with Gasteiger partial charge in [-0.2, -0.15) is 0 Å². The lowest BCUT2D eigenvalue weighted by molar-refractivity contribution is 0.230. The van der Waals surface area contributed by atoms with Crippen LogP contribution in [-0.4, -0.2) is 43.6 Å². The number of nitrogens with one attached hydrogen (secondary N) is 1. The predicted molar refractivity (Wildman–Crippen MR) is 108 cm³/mol. The van der Waals surface area contributed by atoms with E-state index >= 15 is 0 Å². The molecule has 1 aliphatic carbocycles. The molecule has 0 radical (unpaired) electrons. The molecule has 2 heterocycles. The number of hydrogen-bond donors (Lipinski definition) is 2. The Bertz CT molecular complexity index is 1000. The molecular formula is C20H22FN5OS. The Hall–Kier alpha value is -2.58. The lowest BCUT2D eigenvalue weighted by Crippen LogP contribution is -2.44. The van der Waals surface area contributed by atoms with Gasteiger partial charge in [0.1, 0.15) is 16.9 Å². The van der Waals surface area contributed by atoms with Crippen molar-refractivity contribution in [1.29, 1.82) is 0 Å². The molecule has 2 aromatic heterocycles. The molecule has 1 aliphatic rings. The number of phenolic OH excluding ortho intramolecular Hbond substituents is 1. The van der Waals surface area contributed by atoms with E-state index in [1.807, 2.05) is 17.7 Å². The molecule has 146 valence electrons. The van der Waals surface area contributed by atoms with Crippen molar-refractivity contribution in [2.45, 2.75) is 37.9 Å². The summed E-state index contributed by atoms with van der Waals surface area (Å²) >= 11 is 1.34. The maximum absolute atomic E-state index is 14.4. The van der Waals surface area contributed by atoms with Gasteiger partial charge in [-0.15, -0.1) is 10.2 Å². The van der Waals surface area contributed by atoms with Crippen molar-refractivity contribution in [3.05, 3.63) is 47.5 Å². The standard InChI is InChI=1S/C20H22FN5OS/c1-20(22-2)6-5-16(21)13(11-20)9-18-24-25-19(28-18)15-4-3-14(10-17(15)27)26-8-7-23-12-26/h3-4,7-10,12,16,22,27H,5-6,11H2,1-2H3/b13-9-/t16?,20-/m0/s1. The fourth-order valence-electron chi connectivity index (χ4n) is 3.47. The van der Waals surface area contributed by atoms with E-state index in [9.17, 15) is 9.50 Å². The van der Waals surface area contributed by atoms with Gasteiger partial charge >= 0.3 is 0 Å². The third-order valence-electron chi connectivity index (χ3n) is 5.31. The monoisotopic (exact) mass is 399 g/mol. The quantitative estimate of drug-likeness (QED) is 0.694. The van der Waals surface area contributed by atoms with Gasteiger partial charge < -0.3 is 15.0 Å². The Morgan fingerprint density at radius 2 is 2.25 bits per heavy atom. The van der Waals surface area contributed by atoms with Crippen LogP contribution >= 0.6 is 11.3 Å². The molecule has 0 spiro atoms. The van der Waals surface area contributed by atoms with E-state index in [0.717, 1.165) is 17.7 Å². The molecule has 4 rings (SSSR count). The molecule has 2 N–H and O–H groups in total. The summed E-state index contributed by atoms with van der Waals surface area (Å²) in [6.45, 7) is 2.11. The lowest BCUT2D eigenvalue weighted by atomic mass is 9.79. The number of aromatic hydroxyl groups is 1. The van der Waals surface area contributed by atoms with Gasteiger partial charge in [0.25, 0.3) is 0 Å². The number of nitrogens with zero attached hydrogens (tertiary/aromatic N) is 4. The first-order chi connectivity index (χ1) is 13.5. The highest BCUT2D eigenvalue weighted by molar-refractivity contribution is 7.15. The van der Waals surface area contributed by atoms with Crippen LogP contribution in [0.4, 0.5) is 4.39 Å². The Balaban J connectivity index is 1.59. The fraction of sp³-hybridized carbons (Fsp3) is 0.350. The maximum atomic E-state index is 14.4. The number of rotatable bonds is 4. The van der Waals surface area contributed by atoms with Gasteiger partial charge in [0.15, 0.2) is 5.01 Å². The Morgan fingerprint density at radius 3 is 2.96 bits per heavy atom. The zero-order valence-corrected chi connectivity index (χ0v) is 16.6. The van der Waals surface area contributed by atoms with Crippen molar-refractivity contribution in [2.24, 2.45) is 0 Å². The van der Waals surface area contributed by atoms with Gasteiger partial charge in [0, 0.05) is 24.0 Å². The minimum atomic E-state index is -0.948. The average Bonchev–Trinajstić information content (AvgIpc) is 3.37. The van der Waals surface area contributed by atoms with Crippen LogP contribution in [0.25, 0.3) is 22.3 Å². The first-order valence-electron chi connectivity index (χ1n) is 9.16. The molecule has 8 heteroatoms. The largest absolute Gasteiger partial charge is 0.507 e. The van der Waals surface area contributed by atoms with E-state index in [1.54, 1.807) is 36.9 Å². The molecule has 0 amide bonds. The number of benzene rings is 1. The summed E-state index contributed by atoms with van der Waals surface area (Å²) in [6, 6.07) is 5.35. The van der Waals surface area contributed by atoms with E-state index in [-0.39, 0.29) is 11.3 Å². The van der Waals surface area contributed by atoms with Crippen molar-refractivity contribution in [2.75, 3.05) is 7.05 Å². The van der Waals surface area contributed by atoms with Crippen LogP contribution in [0.3, 0.4) is 0 Å². The fourth-order valence-corrected chi connectivity index (χ4v) is 4.32. The van der Waals surface area contributed by atoms with Crippen LogP contribution in [0.5, 0.6) is 5.75 Å². The topological polar surface area (TPSA) is 75.9 Å². The van der Waals surface area contributed by atoms with E-state index in [1.165, 1.54) is 11.3 Å². The van der Waals surface area contributed by atoms with Crippen LogP contribution in [0.2, 0.25) is 0 Å². The van der Waals surface area contributed by atoms with Crippen molar-refractivity contribution in [3.63, 3.8) is 0 Å². The van der Waals surface area contributed by atoms with Gasteiger partial charge in [0.05, 0.1) is 17.6 Å². The summed E-state index contributed by atoms with van der Waals surface area (Å²) in [5, 5.41) is 23.4. The van der Waals surface area contributed by atoms with Crippen molar-refractivity contribution in [3.8, 4) is 22.0 Å². The molecule has 1 aromatic carbocycles. The van der Waals surface area contributed by atoms with Crippen molar-refractivity contribution in [1.82, 2.24) is 25.1 Å². The maximum Gasteiger partial charge on any atom is 0.151 e. The smallest absolute Gasteiger partial charge is 0.151 e. The molecule has 6 nitrogen and oxygen atoms in total. The van der Waals surface area contributed by atoms with Crippen LogP contribution in [-0.2, 0) is 0 Å². The first-order valence-corrected chi connectivity index (χ1v) is 9.98. The van der Waals surface area contributed by atoms with Crippen LogP contribution in [0, 0.1) is 0 Å². The van der Waals surface area contributed by atoms with Gasteiger partial charge in [0.2, 0.25) is 0 Å². The highest BCUT2D eigenvalue weighted by Crippen LogP contribution is 2.37. The third-order valence-corrected chi connectivity index (χ3v) is 6.22. The third kappa shape index (κ3) is 3.70. The number of phenols is 1. The molecule has 3 aromatic rings. The Kier molecular flexibility index (Phi) is 4.99. The summed E-state index contributed by atoms with van der Waals surface area (Å²) in [4.78, 5) is 4.01. The highest BCUT2D eigenvalue weighted by Gasteiger charge is 2.33. The zero-order valence-electron chi connectivity index (χ0n) is 15.8. The van der Waals surface area contributed by atoms with Crippen LogP contribution in [0.1, 0.15) is 31.2 Å². The van der Waals surface area contributed by atoms with Crippen LogP contribution in [0.15, 0.2) is 42.5 Å². The number of halogens is 1. The SMILES string of the molecule is CN[C@@]1(C)CCC(F)/C(=C\c2nnc(-c3ccc(-n4ccnc4)cc3O)s2)C1. The van der Waals surface area contributed by atoms with Gasteiger partial charge in [-0.05, 0) is 57.0 Å². The number of aromatic nitrogens is 4. The minimum Gasteiger partial charge on any atom is -0.507 e. The molecule has 28 heavy (non-hydrogen) atoms. The summed E-state index contributed by atoms with van der Waals surface area (Å²) in [6.07, 6.45) is 7.96. The van der Waals surface area contributed by atoms with E-state index in [4.69, 9.17) is 0 Å². The Morgan fingerprint density at radius 1 is 1.39 bits per heavy atom. The van der Waals surface area contributed by atoms with Crippen molar-refractivity contribution < 1.29 is 9.50 Å². The molecule has 2 atom stereocenters. The second-order valence-electron chi connectivity index (χ2n) is 7.33. The highest BCUT2D eigenvalue weighted by atomic mass is 32.1. The van der Waals surface area contributed by atoms with E-state index < -0.39 is 6.17 Å². The van der Waals surface area contributed by atoms with E-state index in [2.05, 4.69) is 27.4 Å². The molecule has 1 fully saturated rings. The van der Waals surface area contributed by atoms with Gasteiger partial charge in [-0.1, -0.05) is 11.3 Å². The second-order valence-corrected chi connectivity index (χ2v) is 8.34. The normalized spacial score (nSPS) is 24.0.